The molecule has 0 aromatic carbocycles. The van der Waals surface area contributed by atoms with Crippen molar-refractivity contribution in [2.75, 3.05) is 0 Å². The van der Waals surface area contributed by atoms with Crippen LogP contribution in [0.25, 0.3) is 0 Å². The van der Waals surface area contributed by atoms with Crippen molar-refractivity contribution in [3.8, 4) is 0 Å². The van der Waals surface area contributed by atoms with Gasteiger partial charge in [0.1, 0.15) is 0 Å². The molecular formula is C24H45N. The van der Waals surface area contributed by atoms with Gasteiger partial charge < -0.3 is 4.98 Å². The van der Waals surface area contributed by atoms with E-state index in [4.69, 9.17) is 0 Å². The van der Waals surface area contributed by atoms with E-state index in [1.54, 1.807) is 5.56 Å². The van der Waals surface area contributed by atoms with Crippen LogP contribution in [0.1, 0.15) is 128 Å². The molecule has 0 atom stereocenters. The number of aryl methyl sites for hydroxylation is 2. The van der Waals surface area contributed by atoms with Gasteiger partial charge in [-0.2, -0.15) is 0 Å². The Morgan fingerprint density at radius 1 is 0.560 bits per heavy atom. The molecule has 0 aliphatic heterocycles. The van der Waals surface area contributed by atoms with Gasteiger partial charge in [0.25, 0.3) is 0 Å². The first-order valence-electron chi connectivity index (χ1n) is 11.5. The highest BCUT2D eigenvalue weighted by Crippen LogP contribution is 2.17. The Morgan fingerprint density at radius 2 is 1.00 bits per heavy atom. The second-order valence-corrected chi connectivity index (χ2v) is 7.93. The summed E-state index contributed by atoms with van der Waals surface area (Å²) in [7, 11) is 0. The summed E-state index contributed by atoms with van der Waals surface area (Å²) in [4.78, 5) is 3.50. The van der Waals surface area contributed by atoms with E-state index in [2.05, 4.69) is 31.1 Å². The molecule has 1 heteroatoms. The summed E-state index contributed by atoms with van der Waals surface area (Å²) in [5.41, 5.74) is 3.11. The van der Waals surface area contributed by atoms with E-state index in [9.17, 15) is 0 Å². The van der Waals surface area contributed by atoms with Gasteiger partial charge in [0.15, 0.2) is 0 Å². The summed E-state index contributed by atoms with van der Waals surface area (Å²) in [5, 5.41) is 0. The Morgan fingerprint density at radius 3 is 1.52 bits per heavy atom. The van der Waals surface area contributed by atoms with Crippen molar-refractivity contribution >= 4 is 0 Å². The third kappa shape index (κ3) is 12.3. The third-order valence-electron chi connectivity index (χ3n) is 5.51. The number of rotatable bonds is 18. The molecule has 0 radical (unpaired) electrons. The molecule has 1 aromatic heterocycles. The molecule has 0 amide bonds. The zero-order valence-corrected chi connectivity index (χ0v) is 17.4. The molecule has 0 unspecified atom stereocenters. The molecule has 0 bridgehead atoms. The van der Waals surface area contributed by atoms with Gasteiger partial charge in [-0.25, -0.2) is 0 Å². The summed E-state index contributed by atoms with van der Waals surface area (Å²) >= 11 is 0. The van der Waals surface area contributed by atoms with Crippen molar-refractivity contribution in [3.63, 3.8) is 0 Å². The molecule has 1 rings (SSSR count). The molecule has 0 aliphatic carbocycles. The minimum absolute atomic E-state index is 1.26. The van der Waals surface area contributed by atoms with Crippen molar-refractivity contribution < 1.29 is 0 Å². The van der Waals surface area contributed by atoms with Crippen LogP contribution in [0.15, 0.2) is 12.3 Å². The molecule has 25 heavy (non-hydrogen) atoms. The summed E-state index contributed by atoms with van der Waals surface area (Å²) in [6, 6.07) is 2.32. The lowest BCUT2D eigenvalue weighted by Gasteiger charge is -2.06. The van der Waals surface area contributed by atoms with Gasteiger partial charge in [-0.3, -0.25) is 0 Å². The average Bonchev–Trinajstić information content (AvgIpc) is 3.07. The standard InChI is InChI=1S/C24H45N/c1-3-5-7-9-11-13-15-17-19-23-21-22-25-24(23)20-18-16-14-12-10-8-6-4-2/h21-22,25H,3-20H2,1-2H3. The number of H-pyrrole nitrogens is 1. The van der Waals surface area contributed by atoms with E-state index >= 15 is 0 Å². The zero-order chi connectivity index (χ0) is 18.0. The predicted molar refractivity (Wildman–Crippen MR) is 113 cm³/mol. The van der Waals surface area contributed by atoms with Gasteiger partial charge in [-0.05, 0) is 37.3 Å². The molecule has 0 aliphatic rings. The quantitative estimate of drug-likeness (QED) is 0.257. The summed E-state index contributed by atoms with van der Waals surface area (Å²) in [6.07, 6.45) is 27.3. The Hall–Kier alpha value is -0.720. The highest BCUT2D eigenvalue weighted by Gasteiger charge is 2.04. The lowest BCUT2D eigenvalue weighted by Crippen LogP contribution is -1.94. The van der Waals surface area contributed by atoms with E-state index < -0.39 is 0 Å². The molecule has 1 nitrogen and oxygen atoms in total. The van der Waals surface area contributed by atoms with Crippen LogP contribution in [0.5, 0.6) is 0 Å². The molecule has 1 heterocycles. The van der Waals surface area contributed by atoms with Crippen LogP contribution in [0.4, 0.5) is 0 Å². The second-order valence-electron chi connectivity index (χ2n) is 7.93. The van der Waals surface area contributed by atoms with E-state index in [1.165, 1.54) is 121 Å². The first kappa shape index (κ1) is 22.3. The monoisotopic (exact) mass is 347 g/mol. The van der Waals surface area contributed by atoms with Gasteiger partial charge in [0.05, 0.1) is 0 Å². The maximum absolute atomic E-state index is 3.50. The van der Waals surface area contributed by atoms with Crippen LogP contribution in [0.3, 0.4) is 0 Å². The molecule has 0 saturated carbocycles. The number of aromatic amines is 1. The number of aromatic nitrogens is 1. The van der Waals surface area contributed by atoms with Crippen molar-refractivity contribution in [1.29, 1.82) is 0 Å². The third-order valence-corrected chi connectivity index (χ3v) is 5.51. The molecule has 1 aromatic rings. The van der Waals surface area contributed by atoms with Crippen LogP contribution in [-0.4, -0.2) is 4.98 Å². The van der Waals surface area contributed by atoms with E-state index in [-0.39, 0.29) is 0 Å². The maximum Gasteiger partial charge on any atom is 0.0179 e. The summed E-state index contributed by atoms with van der Waals surface area (Å²) < 4.78 is 0. The first-order chi connectivity index (χ1) is 12.4. The lowest BCUT2D eigenvalue weighted by molar-refractivity contribution is 0.569. The first-order valence-corrected chi connectivity index (χ1v) is 11.5. The van der Waals surface area contributed by atoms with Crippen LogP contribution < -0.4 is 0 Å². The summed E-state index contributed by atoms with van der Waals surface area (Å²) in [5.74, 6) is 0. The normalized spacial score (nSPS) is 11.3. The minimum atomic E-state index is 1.26. The Balaban J connectivity index is 2.00. The zero-order valence-electron chi connectivity index (χ0n) is 17.4. The van der Waals surface area contributed by atoms with Crippen molar-refractivity contribution in [2.24, 2.45) is 0 Å². The smallest absolute Gasteiger partial charge is 0.0179 e. The van der Waals surface area contributed by atoms with Crippen molar-refractivity contribution in [2.45, 2.75) is 129 Å². The number of hydrogen-bond donors (Lipinski definition) is 1. The fourth-order valence-corrected chi connectivity index (χ4v) is 3.79. The highest BCUT2D eigenvalue weighted by atomic mass is 14.7. The minimum Gasteiger partial charge on any atom is -0.365 e. The highest BCUT2D eigenvalue weighted by molar-refractivity contribution is 5.20. The van der Waals surface area contributed by atoms with E-state index in [1.807, 2.05) is 0 Å². The fourth-order valence-electron chi connectivity index (χ4n) is 3.79. The van der Waals surface area contributed by atoms with Crippen LogP contribution >= 0.6 is 0 Å². The topological polar surface area (TPSA) is 15.8 Å². The van der Waals surface area contributed by atoms with E-state index in [0.29, 0.717) is 0 Å². The van der Waals surface area contributed by atoms with Gasteiger partial charge in [-0.1, -0.05) is 104 Å². The molecular weight excluding hydrogens is 302 g/mol. The van der Waals surface area contributed by atoms with Gasteiger partial charge >= 0.3 is 0 Å². The number of nitrogens with one attached hydrogen (secondary N) is 1. The molecule has 146 valence electrons. The van der Waals surface area contributed by atoms with Crippen molar-refractivity contribution in [3.05, 3.63) is 23.5 Å². The van der Waals surface area contributed by atoms with Gasteiger partial charge in [0.2, 0.25) is 0 Å². The second kappa shape index (κ2) is 16.7. The molecule has 0 saturated heterocycles. The Bertz CT molecular complexity index is 345. The fraction of sp³-hybridized carbons (Fsp3) is 0.833. The Kier molecular flexibility index (Phi) is 14.9. The largest absolute Gasteiger partial charge is 0.365 e. The van der Waals surface area contributed by atoms with Gasteiger partial charge in [0, 0.05) is 11.9 Å². The molecule has 0 fully saturated rings. The van der Waals surface area contributed by atoms with Crippen LogP contribution in [-0.2, 0) is 12.8 Å². The van der Waals surface area contributed by atoms with Crippen LogP contribution in [0.2, 0.25) is 0 Å². The molecule has 0 spiro atoms. The Labute approximate surface area is 158 Å². The number of hydrogen-bond acceptors (Lipinski definition) is 0. The maximum atomic E-state index is 3.50. The molecule has 1 N–H and O–H groups in total. The van der Waals surface area contributed by atoms with Crippen molar-refractivity contribution in [1.82, 2.24) is 4.98 Å². The number of unbranched alkanes of at least 4 members (excludes halogenated alkanes) is 14. The average molecular weight is 348 g/mol. The predicted octanol–water partition coefficient (Wildman–Crippen LogP) is 8.38. The van der Waals surface area contributed by atoms with Crippen LogP contribution in [0, 0.1) is 0 Å². The lowest BCUT2D eigenvalue weighted by atomic mass is 10.0. The SMILES string of the molecule is CCCCCCCCCCc1cc[nH]c1CCCCCCCCCC. The van der Waals surface area contributed by atoms with E-state index in [0.717, 1.165) is 0 Å². The summed E-state index contributed by atoms with van der Waals surface area (Å²) in [6.45, 7) is 4.59. The van der Waals surface area contributed by atoms with Gasteiger partial charge in [-0.15, -0.1) is 0 Å².